The van der Waals surface area contributed by atoms with Gasteiger partial charge in [0, 0.05) is 39.6 Å². The topological polar surface area (TPSA) is 32.6 Å². The third-order valence-electron chi connectivity index (χ3n) is 3.76. The molecule has 2 aromatic rings. The number of benzene rings is 1. The smallest absolute Gasteiger partial charge is 0.193 e. The molecule has 1 aromatic carbocycles. The van der Waals surface area contributed by atoms with Gasteiger partial charge >= 0.3 is 0 Å². The van der Waals surface area contributed by atoms with E-state index in [2.05, 4.69) is 10.3 Å². The predicted molar refractivity (Wildman–Crippen MR) is 93.3 cm³/mol. The van der Waals surface area contributed by atoms with E-state index >= 15 is 0 Å². The third kappa shape index (κ3) is 4.47. The van der Waals surface area contributed by atoms with E-state index < -0.39 is 11.6 Å². The molecule has 0 aliphatic heterocycles. The molecule has 1 N–H and O–H groups in total. The van der Waals surface area contributed by atoms with Crippen LogP contribution in [0.15, 0.2) is 35.5 Å². The second-order valence-corrected chi connectivity index (χ2v) is 5.99. The predicted octanol–water partition coefficient (Wildman–Crippen LogP) is 3.21. The van der Waals surface area contributed by atoms with Crippen LogP contribution < -0.4 is 5.32 Å². The van der Waals surface area contributed by atoms with Crippen LogP contribution in [0.1, 0.15) is 11.3 Å². The lowest BCUT2D eigenvalue weighted by Gasteiger charge is -2.22. The number of guanidine groups is 1. The van der Waals surface area contributed by atoms with Crippen LogP contribution in [0.4, 0.5) is 8.78 Å². The first-order valence-electron chi connectivity index (χ1n) is 7.57. The summed E-state index contributed by atoms with van der Waals surface area (Å²) in [7, 11) is 5.51. The Balaban J connectivity index is 1.92. The summed E-state index contributed by atoms with van der Waals surface area (Å²) in [5.41, 5.74) is 1.39. The van der Waals surface area contributed by atoms with Crippen LogP contribution in [0, 0.1) is 11.6 Å². The van der Waals surface area contributed by atoms with Crippen molar-refractivity contribution in [1.29, 1.82) is 0 Å². The van der Waals surface area contributed by atoms with Gasteiger partial charge in [-0.25, -0.2) is 8.78 Å². The van der Waals surface area contributed by atoms with E-state index in [0.717, 1.165) is 11.8 Å². The van der Waals surface area contributed by atoms with Gasteiger partial charge in [-0.05, 0) is 24.1 Å². The van der Waals surface area contributed by atoms with Crippen LogP contribution in [0.2, 0.25) is 5.02 Å². The number of nitrogens with one attached hydrogen (secondary N) is 1. The van der Waals surface area contributed by atoms with Crippen LogP contribution >= 0.6 is 11.6 Å². The molecule has 1 heterocycles. The molecule has 4 nitrogen and oxygen atoms in total. The summed E-state index contributed by atoms with van der Waals surface area (Å²) in [6, 6.07) is 6.10. The van der Waals surface area contributed by atoms with E-state index in [1.54, 1.807) is 13.1 Å². The first-order chi connectivity index (χ1) is 11.4. The van der Waals surface area contributed by atoms with Crippen molar-refractivity contribution in [1.82, 2.24) is 14.8 Å². The van der Waals surface area contributed by atoms with Crippen LogP contribution in [-0.4, -0.2) is 36.1 Å². The molecule has 0 amide bonds. The van der Waals surface area contributed by atoms with E-state index in [1.807, 2.05) is 35.8 Å². The molecule has 0 spiro atoms. The minimum absolute atomic E-state index is 0.342. The number of hydrogen-bond donors (Lipinski definition) is 1. The van der Waals surface area contributed by atoms with Gasteiger partial charge in [-0.15, -0.1) is 0 Å². The highest BCUT2D eigenvalue weighted by Gasteiger charge is 2.11. The van der Waals surface area contributed by atoms with E-state index in [0.29, 0.717) is 36.1 Å². The summed E-state index contributed by atoms with van der Waals surface area (Å²) >= 11 is 5.99. The van der Waals surface area contributed by atoms with Crippen molar-refractivity contribution in [3.8, 4) is 0 Å². The highest BCUT2D eigenvalue weighted by Crippen LogP contribution is 2.14. The third-order valence-corrected chi connectivity index (χ3v) is 3.96. The fraction of sp³-hybridized carbons (Fsp3) is 0.353. The first kappa shape index (κ1) is 18.3. The van der Waals surface area contributed by atoms with Crippen LogP contribution in [0.25, 0.3) is 0 Å². The molecule has 0 unspecified atom stereocenters. The number of rotatable bonds is 5. The van der Waals surface area contributed by atoms with Crippen molar-refractivity contribution < 1.29 is 8.78 Å². The first-order valence-corrected chi connectivity index (χ1v) is 7.95. The summed E-state index contributed by atoms with van der Waals surface area (Å²) in [6.45, 7) is 1.07. The summed E-state index contributed by atoms with van der Waals surface area (Å²) in [5.74, 6) is -0.945. The van der Waals surface area contributed by atoms with Crippen molar-refractivity contribution in [3.63, 3.8) is 0 Å². The molecule has 7 heteroatoms. The molecule has 0 saturated carbocycles. The number of aliphatic imine (C=N–C) groups is 1. The molecular weight excluding hydrogens is 334 g/mol. The van der Waals surface area contributed by atoms with E-state index in [9.17, 15) is 8.78 Å². The van der Waals surface area contributed by atoms with Crippen molar-refractivity contribution in [2.24, 2.45) is 12.0 Å². The lowest BCUT2D eigenvalue weighted by Crippen LogP contribution is -2.39. The number of halogens is 3. The maximum absolute atomic E-state index is 13.6. The minimum atomic E-state index is -0.824. The molecule has 0 aliphatic rings. The van der Waals surface area contributed by atoms with E-state index in [4.69, 9.17) is 11.6 Å². The average molecular weight is 355 g/mol. The van der Waals surface area contributed by atoms with Gasteiger partial charge in [-0.1, -0.05) is 23.7 Å². The summed E-state index contributed by atoms with van der Waals surface area (Å²) in [4.78, 5) is 6.15. The second-order valence-electron chi connectivity index (χ2n) is 5.55. The van der Waals surface area contributed by atoms with Gasteiger partial charge in [0.15, 0.2) is 17.6 Å². The van der Waals surface area contributed by atoms with Gasteiger partial charge in [0.25, 0.3) is 0 Å². The molecule has 0 atom stereocenters. The van der Waals surface area contributed by atoms with Gasteiger partial charge in [0.1, 0.15) is 0 Å². The number of aryl methyl sites for hydroxylation is 1. The zero-order valence-corrected chi connectivity index (χ0v) is 14.7. The van der Waals surface area contributed by atoms with Crippen LogP contribution in [-0.2, 0) is 20.0 Å². The quantitative estimate of drug-likeness (QED) is 0.660. The fourth-order valence-electron chi connectivity index (χ4n) is 2.48. The Kier molecular flexibility index (Phi) is 6.20. The van der Waals surface area contributed by atoms with Gasteiger partial charge in [0.05, 0.1) is 11.6 Å². The molecule has 130 valence electrons. The molecule has 0 radical (unpaired) electrons. The molecule has 0 saturated heterocycles. The van der Waals surface area contributed by atoms with E-state index in [-0.39, 0.29) is 0 Å². The SMILES string of the molecule is CN=C(NCCc1cccc(F)c1F)N(C)Cc1cc(Cl)cn1C. The molecule has 0 aliphatic carbocycles. The highest BCUT2D eigenvalue weighted by atomic mass is 35.5. The van der Waals surface area contributed by atoms with Crippen LogP contribution in [0.3, 0.4) is 0 Å². The molecule has 0 fully saturated rings. The number of aromatic nitrogens is 1. The lowest BCUT2D eigenvalue weighted by atomic mass is 10.1. The Labute approximate surface area is 145 Å². The Morgan fingerprint density at radius 3 is 2.75 bits per heavy atom. The maximum Gasteiger partial charge on any atom is 0.193 e. The molecule has 1 aromatic heterocycles. The number of hydrogen-bond acceptors (Lipinski definition) is 1. The van der Waals surface area contributed by atoms with Gasteiger partial charge in [-0.3, -0.25) is 4.99 Å². The zero-order valence-electron chi connectivity index (χ0n) is 14.0. The monoisotopic (exact) mass is 354 g/mol. The van der Waals surface area contributed by atoms with Gasteiger partial charge in [-0.2, -0.15) is 0 Å². The normalized spacial score (nSPS) is 11.7. The zero-order chi connectivity index (χ0) is 17.7. The van der Waals surface area contributed by atoms with Crippen molar-refractivity contribution >= 4 is 17.6 Å². The largest absolute Gasteiger partial charge is 0.356 e. The summed E-state index contributed by atoms with van der Waals surface area (Å²) < 4.78 is 28.8. The standard InChI is InChI=1S/C17H21ClF2N4/c1-21-17(24(3)11-14-9-13(18)10-23(14)2)22-8-7-12-5-4-6-15(19)16(12)20/h4-6,9-10H,7-8,11H2,1-3H3,(H,21,22). The number of nitrogens with zero attached hydrogens (tertiary/aromatic N) is 3. The van der Waals surface area contributed by atoms with Crippen molar-refractivity contribution in [3.05, 3.63) is 58.4 Å². The Bertz CT molecular complexity index is 727. The van der Waals surface area contributed by atoms with Crippen LogP contribution in [0.5, 0.6) is 0 Å². The molecule has 0 bridgehead atoms. The minimum Gasteiger partial charge on any atom is -0.356 e. The molecule has 2 rings (SSSR count). The average Bonchev–Trinajstić information content (AvgIpc) is 2.85. The fourth-order valence-corrected chi connectivity index (χ4v) is 2.75. The summed E-state index contributed by atoms with van der Waals surface area (Å²) in [6.07, 6.45) is 2.21. The Morgan fingerprint density at radius 2 is 2.12 bits per heavy atom. The summed E-state index contributed by atoms with van der Waals surface area (Å²) in [5, 5.41) is 3.84. The maximum atomic E-state index is 13.6. The van der Waals surface area contributed by atoms with Crippen molar-refractivity contribution in [2.75, 3.05) is 20.6 Å². The van der Waals surface area contributed by atoms with E-state index in [1.165, 1.54) is 6.07 Å². The molecule has 24 heavy (non-hydrogen) atoms. The Morgan fingerprint density at radius 1 is 1.38 bits per heavy atom. The van der Waals surface area contributed by atoms with Gasteiger partial charge < -0.3 is 14.8 Å². The van der Waals surface area contributed by atoms with Crippen molar-refractivity contribution in [2.45, 2.75) is 13.0 Å². The van der Waals surface area contributed by atoms with Gasteiger partial charge in [0.2, 0.25) is 0 Å². The molecular formula is C17H21ClF2N4. The lowest BCUT2D eigenvalue weighted by molar-refractivity contribution is 0.461. The Hall–Kier alpha value is -2.08. The second kappa shape index (κ2) is 8.15. The highest BCUT2D eigenvalue weighted by molar-refractivity contribution is 6.30.